The molecule has 0 N–H and O–H groups in total. The van der Waals surface area contributed by atoms with E-state index >= 15 is 0 Å². The maximum Gasteiger partial charge on any atom is 0.243 e. The summed E-state index contributed by atoms with van der Waals surface area (Å²) in [6, 6.07) is 15.8. The first kappa shape index (κ1) is 25.6. The lowest BCUT2D eigenvalue weighted by Crippen LogP contribution is -2.46. The van der Waals surface area contributed by atoms with Crippen LogP contribution in [0.15, 0.2) is 75.4 Å². The minimum Gasteiger partial charge on any atom is -0.332 e. The third kappa shape index (κ3) is 6.72. The van der Waals surface area contributed by atoms with E-state index in [0.717, 1.165) is 14.9 Å². The number of benzene rings is 2. The molecule has 1 unspecified atom stereocenters. The quantitative estimate of drug-likeness (QED) is 0.325. The second-order valence-corrected chi connectivity index (χ2v) is 11.6. The van der Waals surface area contributed by atoms with Gasteiger partial charge in [0.1, 0.15) is 5.82 Å². The van der Waals surface area contributed by atoms with Crippen molar-refractivity contribution in [3.8, 4) is 0 Å². The Kier molecular flexibility index (Phi) is 8.81. The van der Waals surface area contributed by atoms with Crippen LogP contribution >= 0.6 is 27.3 Å². The zero-order valence-corrected chi connectivity index (χ0v) is 21.7. The zero-order chi connectivity index (χ0) is 24.0. The summed E-state index contributed by atoms with van der Waals surface area (Å²) in [7, 11) is -3.88. The molecule has 1 heterocycles. The average Bonchev–Trinajstić information content (AvgIpc) is 3.31. The van der Waals surface area contributed by atoms with Gasteiger partial charge in [0.25, 0.3) is 0 Å². The Morgan fingerprint density at radius 3 is 2.30 bits per heavy atom. The summed E-state index contributed by atoms with van der Waals surface area (Å²) < 4.78 is 42.2. The Bertz CT molecular complexity index is 1150. The van der Waals surface area contributed by atoms with Crippen LogP contribution in [0, 0.1) is 5.82 Å². The Hall–Kier alpha value is -2.07. The first-order valence-corrected chi connectivity index (χ1v) is 13.6. The predicted octanol–water partition coefficient (Wildman–Crippen LogP) is 5.67. The normalized spacial score (nSPS) is 12.6. The largest absolute Gasteiger partial charge is 0.332 e. The minimum atomic E-state index is -3.88. The summed E-state index contributed by atoms with van der Waals surface area (Å²) in [6.45, 7) is 4.01. The van der Waals surface area contributed by atoms with Gasteiger partial charge in [-0.05, 0) is 66.8 Å². The molecule has 9 heteroatoms. The molecule has 0 fully saturated rings. The number of halogens is 2. The van der Waals surface area contributed by atoms with E-state index in [2.05, 4.69) is 15.9 Å². The molecule has 1 aromatic heterocycles. The number of thiophene rings is 1. The van der Waals surface area contributed by atoms with Gasteiger partial charge < -0.3 is 4.90 Å². The molecule has 3 rings (SSSR count). The molecule has 1 amide bonds. The van der Waals surface area contributed by atoms with Gasteiger partial charge in [0.05, 0.1) is 18.0 Å². The molecule has 33 heavy (non-hydrogen) atoms. The summed E-state index contributed by atoms with van der Waals surface area (Å²) in [5, 5.41) is 1.93. The lowest BCUT2D eigenvalue weighted by atomic mass is 10.2. The van der Waals surface area contributed by atoms with Crippen LogP contribution in [0.3, 0.4) is 0 Å². The van der Waals surface area contributed by atoms with Crippen LogP contribution in [0.4, 0.5) is 4.39 Å². The van der Waals surface area contributed by atoms with Crippen molar-refractivity contribution in [1.29, 1.82) is 0 Å². The third-order valence-electron chi connectivity index (χ3n) is 5.36. The average molecular weight is 554 g/mol. The van der Waals surface area contributed by atoms with Crippen molar-refractivity contribution in [3.05, 3.63) is 86.8 Å². The number of rotatable bonds is 10. The molecule has 5 nitrogen and oxygen atoms in total. The van der Waals surface area contributed by atoms with Gasteiger partial charge in [0.15, 0.2) is 0 Å². The molecule has 0 spiro atoms. The summed E-state index contributed by atoms with van der Waals surface area (Å²) >= 11 is 4.85. The number of carbonyl (C=O) groups is 1. The van der Waals surface area contributed by atoms with Gasteiger partial charge >= 0.3 is 0 Å². The fraction of sp³-hybridized carbons (Fsp3) is 0.292. The van der Waals surface area contributed by atoms with E-state index in [0.29, 0.717) is 13.0 Å². The summed E-state index contributed by atoms with van der Waals surface area (Å²) in [6.07, 6.45) is 0.561. The third-order valence-corrected chi connectivity index (χ3v) is 8.72. The fourth-order valence-corrected chi connectivity index (χ4v) is 5.93. The molecule has 0 radical (unpaired) electrons. The Balaban J connectivity index is 1.88. The second-order valence-electron chi connectivity index (χ2n) is 7.72. The lowest BCUT2D eigenvalue weighted by molar-refractivity contribution is -0.133. The molecular weight excluding hydrogens is 527 g/mol. The molecule has 0 bridgehead atoms. The predicted molar refractivity (Wildman–Crippen MR) is 133 cm³/mol. The number of nitrogens with zero attached hydrogens (tertiary/aromatic N) is 2. The van der Waals surface area contributed by atoms with E-state index in [1.165, 1.54) is 39.9 Å². The van der Waals surface area contributed by atoms with Gasteiger partial charge in [-0.2, -0.15) is 4.31 Å². The van der Waals surface area contributed by atoms with Crippen molar-refractivity contribution in [2.45, 2.75) is 44.3 Å². The highest BCUT2D eigenvalue weighted by Crippen LogP contribution is 2.23. The van der Waals surface area contributed by atoms with Crippen molar-refractivity contribution < 1.29 is 17.6 Å². The smallest absolute Gasteiger partial charge is 0.243 e. The molecule has 0 saturated carbocycles. The van der Waals surface area contributed by atoms with Gasteiger partial charge in [-0.15, -0.1) is 11.3 Å². The number of sulfonamides is 1. The van der Waals surface area contributed by atoms with Crippen LogP contribution in [0.2, 0.25) is 0 Å². The van der Waals surface area contributed by atoms with Gasteiger partial charge in [-0.3, -0.25) is 4.79 Å². The van der Waals surface area contributed by atoms with Crippen LogP contribution in [0.25, 0.3) is 0 Å². The molecule has 176 valence electrons. The lowest BCUT2D eigenvalue weighted by Gasteiger charge is -2.30. The second kappa shape index (κ2) is 11.4. The van der Waals surface area contributed by atoms with Gasteiger partial charge in [0.2, 0.25) is 15.9 Å². The molecular formula is C24H26BrFN2O3S2. The van der Waals surface area contributed by atoms with Gasteiger partial charge in [0, 0.05) is 21.9 Å². The van der Waals surface area contributed by atoms with Crippen LogP contribution < -0.4 is 0 Å². The van der Waals surface area contributed by atoms with Gasteiger partial charge in [-0.1, -0.05) is 41.1 Å². The van der Waals surface area contributed by atoms with E-state index in [9.17, 15) is 17.6 Å². The molecule has 0 aliphatic heterocycles. The Morgan fingerprint density at radius 2 is 1.73 bits per heavy atom. The van der Waals surface area contributed by atoms with Crippen LogP contribution in [-0.2, 0) is 27.9 Å². The molecule has 1 atom stereocenters. The summed E-state index contributed by atoms with van der Waals surface area (Å²) in [4.78, 5) is 16.2. The maximum atomic E-state index is 13.4. The maximum absolute atomic E-state index is 13.4. The van der Waals surface area contributed by atoms with Crippen molar-refractivity contribution in [2.24, 2.45) is 0 Å². The fourth-order valence-electron chi connectivity index (χ4n) is 3.29. The highest BCUT2D eigenvalue weighted by Gasteiger charge is 2.32. The standard InChI is InChI=1S/C24H26BrFN2O3S2/c1-3-18(2)28(33(30,31)23-12-8-20(25)9-13-23)17-24(29)27(16-22-5-4-14-32-22)15-19-6-10-21(26)11-7-19/h4-14,18H,3,15-17H2,1-2H3. The number of hydrogen-bond donors (Lipinski definition) is 0. The first-order chi connectivity index (χ1) is 15.7. The van der Waals surface area contributed by atoms with Crippen molar-refractivity contribution >= 4 is 43.2 Å². The van der Waals surface area contributed by atoms with Crippen LogP contribution in [0.5, 0.6) is 0 Å². The van der Waals surface area contributed by atoms with E-state index in [1.807, 2.05) is 24.4 Å². The Labute approximate surface area is 207 Å². The van der Waals surface area contributed by atoms with E-state index in [1.54, 1.807) is 36.1 Å². The van der Waals surface area contributed by atoms with E-state index in [4.69, 9.17) is 0 Å². The minimum absolute atomic E-state index is 0.141. The van der Waals surface area contributed by atoms with Crippen molar-refractivity contribution in [3.63, 3.8) is 0 Å². The molecule has 0 aliphatic carbocycles. The monoisotopic (exact) mass is 552 g/mol. The Morgan fingerprint density at radius 1 is 1.06 bits per heavy atom. The number of amides is 1. The van der Waals surface area contributed by atoms with E-state index in [-0.39, 0.29) is 35.8 Å². The summed E-state index contributed by atoms with van der Waals surface area (Å²) in [5.41, 5.74) is 0.771. The summed E-state index contributed by atoms with van der Waals surface area (Å²) in [5.74, 6) is -0.660. The SMILES string of the molecule is CCC(C)N(CC(=O)N(Cc1ccc(F)cc1)Cc1cccs1)S(=O)(=O)c1ccc(Br)cc1. The van der Waals surface area contributed by atoms with Crippen molar-refractivity contribution in [2.75, 3.05) is 6.54 Å². The van der Waals surface area contributed by atoms with Crippen LogP contribution in [-0.4, -0.2) is 36.1 Å². The van der Waals surface area contributed by atoms with Crippen LogP contribution in [0.1, 0.15) is 30.7 Å². The number of hydrogen-bond acceptors (Lipinski definition) is 4. The van der Waals surface area contributed by atoms with Gasteiger partial charge in [-0.25, -0.2) is 12.8 Å². The molecule has 2 aromatic carbocycles. The molecule has 3 aromatic rings. The van der Waals surface area contributed by atoms with E-state index < -0.39 is 10.0 Å². The molecule has 0 saturated heterocycles. The number of carbonyl (C=O) groups excluding carboxylic acids is 1. The topological polar surface area (TPSA) is 57.7 Å². The highest BCUT2D eigenvalue weighted by molar-refractivity contribution is 9.10. The van der Waals surface area contributed by atoms with Crippen molar-refractivity contribution in [1.82, 2.24) is 9.21 Å². The molecule has 0 aliphatic rings. The zero-order valence-electron chi connectivity index (χ0n) is 18.4. The highest BCUT2D eigenvalue weighted by atomic mass is 79.9. The first-order valence-electron chi connectivity index (χ1n) is 10.5.